The highest BCUT2D eigenvalue weighted by atomic mass is 16.3. The zero-order chi connectivity index (χ0) is 23.3. The van der Waals surface area contributed by atoms with Crippen LogP contribution in [0.4, 0.5) is 5.69 Å². The number of rotatable bonds is 2. The predicted octanol–water partition coefficient (Wildman–Crippen LogP) is 6.43. The number of allylic oxidation sites excluding steroid dienone is 4. The largest absolute Gasteiger partial charge is 0.390 e. The van der Waals surface area contributed by atoms with E-state index >= 15 is 0 Å². The number of carbonyl (C=O) groups excluding carboxylic acids is 1. The topological polar surface area (TPSA) is 40.5 Å². The number of hydrogen-bond acceptors (Lipinski definition) is 3. The Kier molecular flexibility index (Phi) is 6.17. The molecule has 0 saturated heterocycles. The molecule has 3 heteroatoms. The fourth-order valence-electron chi connectivity index (χ4n) is 7.18. The molecular formula is C29H41NO2. The SMILES string of the molecule is CC.CN(C)c1ccc(C2CC3(C)C(CC[C@]3(C)O)C3CCC4=CC(=O)CCC4=C23)cc1. The Balaban J connectivity index is 0.00000119. The van der Waals surface area contributed by atoms with Gasteiger partial charge in [-0.1, -0.05) is 38.5 Å². The second-order valence-electron chi connectivity index (χ2n) is 10.8. The van der Waals surface area contributed by atoms with Crippen molar-refractivity contribution in [1.82, 2.24) is 0 Å². The molecule has 2 fully saturated rings. The lowest BCUT2D eigenvalue weighted by Gasteiger charge is -2.54. The van der Waals surface area contributed by atoms with Crippen molar-refractivity contribution >= 4 is 11.5 Å². The van der Waals surface area contributed by atoms with E-state index in [2.05, 4.69) is 57.1 Å². The summed E-state index contributed by atoms with van der Waals surface area (Å²) in [6.07, 6.45) is 8.67. The Morgan fingerprint density at radius 3 is 2.34 bits per heavy atom. The van der Waals surface area contributed by atoms with Crippen LogP contribution in [-0.2, 0) is 4.79 Å². The monoisotopic (exact) mass is 435 g/mol. The molecule has 4 unspecified atom stereocenters. The summed E-state index contributed by atoms with van der Waals surface area (Å²) >= 11 is 0. The molecule has 0 radical (unpaired) electrons. The number of benzene rings is 1. The molecular weight excluding hydrogens is 394 g/mol. The number of carbonyl (C=O) groups is 1. The third-order valence-electron chi connectivity index (χ3n) is 9.11. The third-order valence-corrected chi connectivity index (χ3v) is 9.11. The quantitative estimate of drug-likeness (QED) is 0.582. The molecule has 4 aliphatic carbocycles. The van der Waals surface area contributed by atoms with Gasteiger partial charge in [-0.3, -0.25) is 4.79 Å². The number of aliphatic hydroxyl groups is 1. The van der Waals surface area contributed by atoms with E-state index in [1.165, 1.54) is 22.4 Å². The van der Waals surface area contributed by atoms with E-state index in [0.29, 0.717) is 30.0 Å². The maximum absolute atomic E-state index is 12.1. The fourth-order valence-corrected chi connectivity index (χ4v) is 7.18. The van der Waals surface area contributed by atoms with E-state index in [-0.39, 0.29) is 5.41 Å². The summed E-state index contributed by atoms with van der Waals surface area (Å²) < 4.78 is 0. The number of anilines is 1. The lowest BCUT2D eigenvalue weighted by atomic mass is 9.51. The van der Waals surface area contributed by atoms with Crippen molar-refractivity contribution in [3.63, 3.8) is 0 Å². The van der Waals surface area contributed by atoms with Gasteiger partial charge in [0.25, 0.3) is 0 Å². The predicted molar refractivity (Wildman–Crippen MR) is 133 cm³/mol. The summed E-state index contributed by atoms with van der Waals surface area (Å²) in [6.45, 7) is 8.42. The third kappa shape index (κ3) is 3.57. The summed E-state index contributed by atoms with van der Waals surface area (Å²) in [5, 5.41) is 11.4. The van der Waals surface area contributed by atoms with Gasteiger partial charge in [0.2, 0.25) is 0 Å². The highest BCUT2D eigenvalue weighted by Gasteiger charge is 2.60. The molecule has 0 bridgehead atoms. The molecule has 0 heterocycles. The van der Waals surface area contributed by atoms with Crippen molar-refractivity contribution in [2.24, 2.45) is 17.3 Å². The van der Waals surface area contributed by atoms with Crippen molar-refractivity contribution in [2.45, 2.75) is 84.2 Å². The minimum atomic E-state index is -0.603. The van der Waals surface area contributed by atoms with E-state index < -0.39 is 5.60 Å². The molecule has 4 aliphatic rings. The molecule has 174 valence electrons. The molecule has 1 aromatic carbocycles. The number of nitrogens with zero attached hydrogens (tertiary/aromatic N) is 1. The Morgan fingerprint density at radius 2 is 1.69 bits per heavy atom. The maximum atomic E-state index is 12.1. The molecule has 0 spiro atoms. The van der Waals surface area contributed by atoms with Crippen LogP contribution in [0.3, 0.4) is 0 Å². The first-order valence-corrected chi connectivity index (χ1v) is 12.7. The molecule has 0 aliphatic heterocycles. The molecule has 3 nitrogen and oxygen atoms in total. The van der Waals surface area contributed by atoms with Crippen LogP contribution >= 0.6 is 0 Å². The van der Waals surface area contributed by atoms with Gasteiger partial charge in [0.05, 0.1) is 5.60 Å². The lowest BCUT2D eigenvalue weighted by molar-refractivity contribution is -0.114. The average molecular weight is 436 g/mol. The average Bonchev–Trinajstić information content (AvgIpc) is 3.03. The van der Waals surface area contributed by atoms with Crippen molar-refractivity contribution in [3.05, 3.63) is 52.6 Å². The molecule has 5 rings (SSSR count). The zero-order valence-corrected chi connectivity index (χ0v) is 20.9. The van der Waals surface area contributed by atoms with Gasteiger partial charge in [-0.25, -0.2) is 0 Å². The highest BCUT2D eigenvalue weighted by molar-refractivity contribution is 5.93. The van der Waals surface area contributed by atoms with Crippen LogP contribution in [0.5, 0.6) is 0 Å². The first-order valence-electron chi connectivity index (χ1n) is 12.7. The van der Waals surface area contributed by atoms with Crippen molar-refractivity contribution in [3.8, 4) is 0 Å². The number of ketones is 1. The summed E-state index contributed by atoms with van der Waals surface area (Å²) in [4.78, 5) is 14.3. The van der Waals surface area contributed by atoms with E-state index in [1.54, 1.807) is 5.57 Å². The van der Waals surface area contributed by atoms with Crippen molar-refractivity contribution in [2.75, 3.05) is 19.0 Å². The Hall–Kier alpha value is -1.87. The van der Waals surface area contributed by atoms with Crippen molar-refractivity contribution in [1.29, 1.82) is 0 Å². The first-order chi connectivity index (χ1) is 15.2. The molecule has 5 atom stereocenters. The minimum Gasteiger partial charge on any atom is -0.390 e. The van der Waals surface area contributed by atoms with Crippen LogP contribution in [0.15, 0.2) is 47.1 Å². The first kappa shape index (κ1) is 23.3. The normalized spacial score (nSPS) is 35.8. The lowest BCUT2D eigenvalue weighted by Crippen LogP contribution is -2.50. The Labute approximate surface area is 194 Å². The van der Waals surface area contributed by atoms with E-state index in [1.807, 2.05) is 19.9 Å². The van der Waals surface area contributed by atoms with Crippen LogP contribution in [0.25, 0.3) is 0 Å². The van der Waals surface area contributed by atoms with Gasteiger partial charge in [0, 0.05) is 37.5 Å². The van der Waals surface area contributed by atoms with Gasteiger partial charge in [-0.15, -0.1) is 0 Å². The Bertz CT molecular complexity index is 936. The second-order valence-corrected chi connectivity index (χ2v) is 10.8. The molecule has 32 heavy (non-hydrogen) atoms. The number of hydrogen-bond donors (Lipinski definition) is 1. The minimum absolute atomic E-state index is 0.0572. The molecule has 0 amide bonds. The highest BCUT2D eigenvalue weighted by Crippen LogP contribution is 2.66. The van der Waals surface area contributed by atoms with Crippen LogP contribution < -0.4 is 4.90 Å². The van der Waals surface area contributed by atoms with Gasteiger partial charge in [-0.2, -0.15) is 0 Å². The van der Waals surface area contributed by atoms with Gasteiger partial charge >= 0.3 is 0 Å². The van der Waals surface area contributed by atoms with Gasteiger partial charge in [0.15, 0.2) is 5.78 Å². The molecule has 0 aromatic heterocycles. The Morgan fingerprint density at radius 1 is 1.00 bits per heavy atom. The van der Waals surface area contributed by atoms with Crippen LogP contribution in [-0.4, -0.2) is 30.6 Å². The van der Waals surface area contributed by atoms with Crippen LogP contribution in [0.1, 0.15) is 84.1 Å². The van der Waals surface area contributed by atoms with Gasteiger partial charge in [-0.05, 0) is 92.2 Å². The van der Waals surface area contributed by atoms with Crippen LogP contribution in [0.2, 0.25) is 0 Å². The fraction of sp³-hybridized carbons (Fsp3) is 0.621. The summed E-state index contributed by atoms with van der Waals surface area (Å²) in [7, 11) is 4.16. The molecule has 1 N–H and O–H groups in total. The van der Waals surface area contributed by atoms with E-state index in [9.17, 15) is 9.90 Å². The molecule has 1 aromatic rings. The summed E-state index contributed by atoms with van der Waals surface area (Å²) in [5.74, 6) is 1.72. The maximum Gasteiger partial charge on any atom is 0.156 e. The van der Waals surface area contributed by atoms with E-state index in [4.69, 9.17) is 0 Å². The zero-order valence-electron chi connectivity index (χ0n) is 20.9. The standard InChI is InChI=1S/C27H35NO2.C2H6/c1-26-16-23(17-5-8-19(9-6-17)28(3)4)25-21-12-10-20(29)15-18(21)7-11-22(25)24(26)13-14-27(26,2)30;1-2/h5-6,8-9,15,22-24,30H,7,10-14,16H2,1-4H3;1-2H3/t22?,23?,24?,26?,27-;/m0./s1. The van der Waals surface area contributed by atoms with E-state index in [0.717, 1.165) is 38.5 Å². The number of fused-ring (bicyclic) bond motifs is 4. The van der Waals surface area contributed by atoms with Gasteiger partial charge in [0.1, 0.15) is 0 Å². The second kappa shape index (κ2) is 8.48. The smallest absolute Gasteiger partial charge is 0.156 e. The molecule has 2 saturated carbocycles. The van der Waals surface area contributed by atoms with Crippen LogP contribution in [0, 0.1) is 17.3 Å². The summed E-state index contributed by atoms with van der Waals surface area (Å²) in [6, 6.07) is 9.04. The van der Waals surface area contributed by atoms with Crippen molar-refractivity contribution < 1.29 is 9.90 Å². The summed E-state index contributed by atoms with van der Waals surface area (Å²) in [5.41, 5.74) is 6.33. The van der Waals surface area contributed by atoms with Gasteiger partial charge < -0.3 is 10.0 Å².